The number of nitrogens with zero attached hydrogens (tertiary/aromatic N) is 2. The van der Waals surface area contributed by atoms with Crippen LogP contribution in [0.5, 0.6) is 5.75 Å². The van der Waals surface area contributed by atoms with Gasteiger partial charge in [-0.25, -0.2) is 0 Å². The molecule has 0 atom stereocenters. The van der Waals surface area contributed by atoms with Gasteiger partial charge in [0.05, 0.1) is 23.9 Å². The van der Waals surface area contributed by atoms with Gasteiger partial charge in [-0.1, -0.05) is 42.0 Å². The Balaban J connectivity index is 1.75. The lowest BCUT2D eigenvalue weighted by Gasteiger charge is -2.28. The van der Waals surface area contributed by atoms with Crippen molar-refractivity contribution >= 4 is 23.4 Å². The molecule has 0 saturated heterocycles. The Labute approximate surface area is 174 Å². The molecule has 3 aromatic carbocycles. The van der Waals surface area contributed by atoms with Gasteiger partial charge in [-0.05, 0) is 43.3 Å². The number of carbonyl (C=O) groups is 3. The Kier molecular flexibility index (Phi) is 5.06. The van der Waals surface area contributed by atoms with Crippen molar-refractivity contribution in [3.63, 3.8) is 0 Å². The van der Waals surface area contributed by atoms with Crippen LogP contribution in [0.25, 0.3) is 0 Å². The van der Waals surface area contributed by atoms with Crippen LogP contribution in [0.4, 0.5) is 5.69 Å². The Hall–Kier alpha value is -3.93. The first-order chi connectivity index (χ1) is 14.5. The lowest BCUT2D eigenvalue weighted by Crippen LogP contribution is -2.44. The summed E-state index contributed by atoms with van der Waals surface area (Å²) in [6.07, 6.45) is 0. The van der Waals surface area contributed by atoms with Crippen molar-refractivity contribution in [3.05, 3.63) is 95.1 Å². The fourth-order valence-electron chi connectivity index (χ4n) is 3.46. The van der Waals surface area contributed by atoms with E-state index in [-0.39, 0.29) is 12.6 Å². The quantitative estimate of drug-likeness (QED) is 0.609. The number of methoxy groups -OCH3 is 1. The summed E-state index contributed by atoms with van der Waals surface area (Å²) < 4.78 is 5.43. The Morgan fingerprint density at radius 1 is 0.867 bits per heavy atom. The molecule has 1 heterocycles. The number of hydrogen-bond donors (Lipinski definition) is 0. The molecule has 3 amide bonds. The molecular weight excluding hydrogens is 380 g/mol. The van der Waals surface area contributed by atoms with Gasteiger partial charge in [0.1, 0.15) is 12.4 Å². The second-order valence-corrected chi connectivity index (χ2v) is 7.00. The SMILES string of the molecule is COc1ccccc1N(CN1C(=O)c2ccccc2C1=O)C(=O)c1ccc(C)cc1. The number of fused-ring (bicyclic) bond motifs is 1. The number of hydrogen-bond acceptors (Lipinski definition) is 4. The van der Waals surface area contributed by atoms with E-state index in [4.69, 9.17) is 4.74 Å². The predicted octanol–water partition coefficient (Wildman–Crippen LogP) is 3.90. The monoisotopic (exact) mass is 400 g/mol. The van der Waals surface area contributed by atoms with E-state index in [2.05, 4.69) is 0 Å². The van der Waals surface area contributed by atoms with E-state index in [9.17, 15) is 14.4 Å². The number of amides is 3. The third-order valence-corrected chi connectivity index (χ3v) is 5.08. The topological polar surface area (TPSA) is 66.9 Å². The zero-order chi connectivity index (χ0) is 21.3. The molecule has 150 valence electrons. The van der Waals surface area contributed by atoms with Gasteiger partial charge in [0.2, 0.25) is 0 Å². The van der Waals surface area contributed by atoms with Crippen molar-refractivity contribution in [2.45, 2.75) is 6.92 Å². The van der Waals surface area contributed by atoms with Crippen LogP contribution >= 0.6 is 0 Å². The first-order valence-electron chi connectivity index (χ1n) is 9.48. The smallest absolute Gasteiger partial charge is 0.263 e. The fourth-order valence-corrected chi connectivity index (χ4v) is 3.46. The number of rotatable bonds is 5. The highest BCUT2D eigenvalue weighted by molar-refractivity contribution is 6.22. The molecule has 6 heteroatoms. The normalized spacial score (nSPS) is 12.7. The molecule has 0 aromatic heterocycles. The molecule has 1 aliphatic heterocycles. The average molecular weight is 400 g/mol. The predicted molar refractivity (Wildman–Crippen MR) is 113 cm³/mol. The summed E-state index contributed by atoms with van der Waals surface area (Å²) in [5, 5.41) is 0. The first-order valence-corrected chi connectivity index (χ1v) is 9.48. The minimum atomic E-state index is -0.424. The Bertz CT molecular complexity index is 1100. The molecule has 0 bridgehead atoms. The first kappa shape index (κ1) is 19.4. The molecule has 6 nitrogen and oxygen atoms in total. The number of para-hydroxylation sites is 2. The van der Waals surface area contributed by atoms with Crippen LogP contribution in [-0.2, 0) is 0 Å². The van der Waals surface area contributed by atoms with Gasteiger partial charge in [0.25, 0.3) is 17.7 Å². The van der Waals surface area contributed by atoms with Crippen molar-refractivity contribution in [2.24, 2.45) is 0 Å². The van der Waals surface area contributed by atoms with Crippen LogP contribution in [0.3, 0.4) is 0 Å². The fraction of sp³-hybridized carbons (Fsp3) is 0.125. The van der Waals surface area contributed by atoms with Gasteiger partial charge in [0.15, 0.2) is 0 Å². The van der Waals surface area contributed by atoms with E-state index < -0.39 is 11.8 Å². The van der Waals surface area contributed by atoms with Crippen molar-refractivity contribution in [3.8, 4) is 5.75 Å². The van der Waals surface area contributed by atoms with Crippen molar-refractivity contribution in [1.82, 2.24) is 4.90 Å². The molecule has 3 aromatic rings. The van der Waals surface area contributed by atoms with Gasteiger partial charge < -0.3 is 4.74 Å². The Morgan fingerprint density at radius 3 is 2.03 bits per heavy atom. The summed E-state index contributed by atoms with van der Waals surface area (Å²) in [6, 6.07) is 20.8. The minimum Gasteiger partial charge on any atom is -0.495 e. The van der Waals surface area contributed by atoms with Crippen molar-refractivity contribution in [2.75, 3.05) is 18.7 Å². The van der Waals surface area contributed by atoms with E-state index in [1.807, 2.05) is 19.1 Å². The molecule has 0 unspecified atom stereocenters. The minimum absolute atomic E-state index is 0.223. The lowest BCUT2D eigenvalue weighted by atomic mass is 10.1. The summed E-state index contributed by atoms with van der Waals surface area (Å²) in [7, 11) is 1.51. The molecule has 0 saturated carbocycles. The second kappa shape index (κ2) is 7.83. The molecule has 0 N–H and O–H groups in total. The van der Waals surface area contributed by atoms with Crippen LogP contribution in [0.15, 0.2) is 72.8 Å². The van der Waals surface area contributed by atoms with E-state index in [1.165, 1.54) is 12.0 Å². The number of benzene rings is 3. The van der Waals surface area contributed by atoms with E-state index in [1.54, 1.807) is 60.7 Å². The Morgan fingerprint density at radius 2 is 1.43 bits per heavy atom. The standard InChI is InChI=1S/C24H20N2O4/c1-16-11-13-17(14-12-16)22(27)25(20-9-5-6-10-21(20)30-2)15-26-23(28)18-7-3-4-8-19(18)24(26)29/h3-14H,15H2,1-2H3. The number of aryl methyl sites for hydroxylation is 1. The van der Waals surface area contributed by atoms with Crippen molar-refractivity contribution < 1.29 is 19.1 Å². The summed E-state index contributed by atoms with van der Waals surface area (Å²) in [5.41, 5.74) is 2.62. The molecule has 1 aliphatic rings. The van der Waals surface area contributed by atoms with Gasteiger partial charge in [-0.2, -0.15) is 0 Å². The molecule has 0 spiro atoms. The summed E-state index contributed by atoms with van der Waals surface area (Å²) >= 11 is 0. The maximum absolute atomic E-state index is 13.4. The zero-order valence-electron chi connectivity index (χ0n) is 16.7. The number of carbonyl (C=O) groups excluding carboxylic acids is 3. The molecule has 0 aliphatic carbocycles. The summed E-state index contributed by atoms with van der Waals surface area (Å²) in [6.45, 7) is 1.71. The van der Waals surface area contributed by atoms with Crippen molar-refractivity contribution in [1.29, 1.82) is 0 Å². The van der Waals surface area contributed by atoms with Crippen LogP contribution in [0.1, 0.15) is 36.6 Å². The van der Waals surface area contributed by atoms with Gasteiger partial charge in [-0.3, -0.25) is 24.2 Å². The maximum atomic E-state index is 13.4. The van der Waals surface area contributed by atoms with E-state index >= 15 is 0 Å². The number of anilines is 1. The largest absolute Gasteiger partial charge is 0.495 e. The third-order valence-electron chi connectivity index (χ3n) is 5.08. The molecule has 0 radical (unpaired) electrons. The highest BCUT2D eigenvalue weighted by Gasteiger charge is 2.37. The maximum Gasteiger partial charge on any atom is 0.263 e. The third kappa shape index (κ3) is 3.33. The van der Waals surface area contributed by atoms with Gasteiger partial charge in [-0.15, -0.1) is 0 Å². The lowest BCUT2D eigenvalue weighted by molar-refractivity contribution is 0.0650. The zero-order valence-corrected chi connectivity index (χ0v) is 16.7. The second-order valence-electron chi connectivity index (χ2n) is 7.00. The van der Waals surface area contributed by atoms with Crippen LogP contribution < -0.4 is 9.64 Å². The summed E-state index contributed by atoms with van der Waals surface area (Å²) in [4.78, 5) is 41.6. The van der Waals surface area contributed by atoms with Crippen LogP contribution in [0.2, 0.25) is 0 Å². The number of ether oxygens (including phenoxy) is 1. The van der Waals surface area contributed by atoms with Gasteiger partial charge in [0, 0.05) is 5.56 Å². The molecule has 0 fully saturated rings. The molecule has 30 heavy (non-hydrogen) atoms. The molecule has 4 rings (SSSR count). The number of imide groups is 1. The van der Waals surface area contributed by atoms with Gasteiger partial charge >= 0.3 is 0 Å². The average Bonchev–Trinajstić information content (AvgIpc) is 3.02. The van der Waals surface area contributed by atoms with E-state index in [0.717, 1.165) is 10.5 Å². The summed E-state index contributed by atoms with van der Waals surface area (Å²) in [5.74, 6) is -0.718. The highest BCUT2D eigenvalue weighted by atomic mass is 16.5. The van der Waals surface area contributed by atoms with Crippen LogP contribution in [-0.4, -0.2) is 36.4 Å². The van der Waals surface area contributed by atoms with E-state index in [0.29, 0.717) is 28.1 Å². The highest BCUT2D eigenvalue weighted by Crippen LogP contribution is 2.31. The van der Waals surface area contributed by atoms with Crippen LogP contribution in [0, 0.1) is 6.92 Å². The molecular formula is C24H20N2O4.